The number of aliphatic carboxylic acids is 1. The van der Waals surface area contributed by atoms with E-state index in [1.54, 1.807) is 0 Å². The number of halogens is 3. The first-order chi connectivity index (χ1) is 7.16. The largest absolute Gasteiger partial charge is 0.480 e. The molecule has 94 valence electrons. The predicted molar refractivity (Wildman–Crippen MR) is 48.5 cm³/mol. The molecule has 0 heterocycles. The van der Waals surface area contributed by atoms with Gasteiger partial charge < -0.3 is 16.6 Å². The number of hydrogen-bond acceptors (Lipinski definition) is 4. The zero-order valence-corrected chi connectivity index (χ0v) is 8.38. The molecule has 0 saturated carbocycles. The number of rotatable bonds is 6. The third-order valence-corrected chi connectivity index (χ3v) is 2.07. The van der Waals surface area contributed by atoms with Crippen LogP contribution in [0.25, 0.3) is 0 Å². The third kappa shape index (κ3) is 3.46. The van der Waals surface area contributed by atoms with Gasteiger partial charge in [0.05, 0.1) is 0 Å². The summed E-state index contributed by atoms with van der Waals surface area (Å²) in [6, 6.07) is 0. The van der Waals surface area contributed by atoms with Crippen molar-refractivity contribution in [3.63, 3.8) is 0 Å². The number of ketones is 1. The predicted octanol–water partition coefficient (Wildman–Crippen LogP) is 0.0289. The molecular formula is C8H13F3N2O3. The molecule has 0 aliphatic rings. The van der Waals surface area contributed by atoms with Crippen molar-refractivity contribution in [2.45, 2.75) is 31.0 Å². The highest BCUT2D eigenvalue weighted by molar-refractivity contribution is 6.09. The van der Waals surface area contributed by atoms with E-state index in [1.807, 2.05) is 0 Å². The van der Waals surface area contributed by atoms with Gasteiger partial charge in [-0.3, -0.25) is 4.79 Å². The summed E-state index contributed by atoms with van der Waals surface area (Å²) in [5.74, 6) is -4.42. The van der Waals surface area contributed by atoms with Gasteiger partial charge in [-0.1, -0.05) is 0 Å². The molecule has 0 rings (SSSR count). The maximum Gasteiger partial charge on any atom is 0.452 e. The second-order valence-corrected chi connectivity index (χ2v) is 3.35. The molecule has 0 aromatic carbocycles. The molecule has 0 radical (unpaired) electrons. The summed E-state index contributed by atoms with van der Waals surface area (Å²) in [5, 5.41) is 8.59. The van der Waals surface area contributed by atoms with Gasteiger partial charge >= 0.3 is 12.1 Å². The minimum Gasteiger partial charge on any atom is -0.480 e. The number of nitrogens with two attached hydrogens (primary N) is 2. The van der Waals surface area contributed by atoms with Crippen molar-refractivity contribution in [3.8, 4) is 0 Å². The summed E-state index contributed by atoms with van der Waals surface area (Å²) in [6.07, 6.45) is -5.49. The molecule has 8 heteroatoms. The normalized spacial score (nSPS) is 15.6. The van der Waals surface area contributed by atoms with E-state index < -0.39 is 29.9 Å². The summed E-state index contributed by atoms with van der Waals surface area (Å²) >= 11 is 0. The van der Waals surface area contributed by atoms with E-state index in [-0.39, 0.29) is 13.0 Å². The molecule has 1 atom stereocenters. The van der Waals surface area contributed by atoms with E-state index >= 15 is 0 Å². The topological polar surface area (TPSA) is 106 Å². The van der Waals surface area contributed by atoms with Crippen molar-refractivity contribution < 1.29 is 27.9 Å². The van der Waals surface area contributed by atoms with Crippen LogP contribution in [0, 0.1) is 0 Å². The highest BCUT2D eigenvalue weighted by Gasteiger charge is 2.54. The summed E-state index contributed by atoms with van der Waals surface area (Å²) < 4.78 is 36.3. The summed E-state index contributed by atoms with van der Waals surface area (Å²) in [6.45, 7) is 0.190. The molecule has 0 saturated heterocycles. The van der Waals surface area contributed by atoms with E-state index in [1.165, 1.54) is 0 Å². The average Bonchev–Trinajstić information content (AvgIpc) is 2.15. The molecule has 0 aromatic heterocycles. The Bertz CT molecular complexity index is 280. The quantitative estimate of drug-likeness (QED) is 0.450. The molecule has 0 amide bonds. The van der Waals surface area contributed by atoms with E-state index in [0.29, 0.717) is 6.42 Å². The Kier molecular flexibility index (Phi) is 4.88. The van der Waals surface area contributed by atoms with Crippen LogP contribution in [0.15, 0.2) is 0 Å². The number of alkyl halides is 3. The first-order valence-electron chi connectivity index (χ1n) is 4.50. The first kappa shape index (κ1) is 14.8. The second kappa shape index (κ2) is 5.26. The van der Waals surface area contributed by atoms with Crippen molar-refractivity contribution in [1.29, 1.82) is 0 Å². The number of carboxylic acids is 1. The van der Waals surface area contributed by atoms with Gasteiger partial charge in [0, 0.05) is 0 Å². The van der Waals surface area contributed by atoms with Gasteiger partial charge in [-0.2, -0.15) is 13.2 Å². The molecule has 16 heavy (non-hydrogen) atoms. The van der Waals surface area contributed by atoms with Gasteiger partial charge in [0.2, 0.25) is 0 Å². The molecular weight excluding hydrogens is 229 g/mol. The summed E-state index contributed by atoms with van der Waals surface area (Å²) in [5.41, 5.74) is 7.19. The van der Waals surface area contributed by atoms with Crippen LogP contribution in [-0.2, 0) is 9.59 Å². The standard InChI is InChI=1S/C8H13F3N2O3/c9-8(10,11)5(14)7(13,6(15)16)3-1-2-4-12/h1-4,12-13H2,(H,15,16)/t7-/m1/s1. The number of carboxylic acid groups (broad SMARTS) is 1. The van der Waals surface area contributed by atoms with E-state index in [2.05, 4.69) is 0 Å². The maximum absolute atomic E-state index is 12.1. The van der Waals surface area contributed by atoms with Crippen LogP contribution in [0.3, 0.4) is 0 Å². The molecule has 5 N–H and O–H groups in total. The second-order valence-electron chi connectivity index (χ2n) is 3.35. The maximum atomic E-state index is 12.1. The fourth-order valence-electron chi connectivity index (χ4n) is 1.12. The Morgan fingerprint density at radius 2 is 1.69 bits per heavy atom. The lowest BCUT2D eigenvalue weighted by atomic mass is 9.88. The fourth-order valence-corrected chi connectivity index (χ4v) is 1.12. The Balaban J connectivity index is 4.83. The van der Waals surface area contributed by atoms with Crippen LogP contribution >= 0.6 is 0 Å². The average molecular weight is 242 g/mol. The molecule has 0 aromatic rings. The number of Topliss-reactive ketones (excluding diaryl/α,β-unsaturated/α-hetero) is 1. The van der Waals surface area contributed by atoms with Crippen LogP contribution in [0.2, 0.25) is 0 Å². The molecule has 0 bridgehead atoms. The van der Waals surface area contributed by atoms with Gasteiger partial charge in [0.15, 0.2) is 5.54 Å². The number of carbonyl (C=O) groups excluding carboxylic acids is 1. The number of carbonyl (C=O) groups is 2. The fraction of sp³-hybridized carbons (Fsp3) is 0.750. The first-order valence-corrected chi connectivity index (χ1v) is 4.50. The summed E-state index contributed by atoms with van der Waals surface area (Å²) in [4.78, 5) is 21.5. The highest BCUT2D eigenvalue weighted by Crippen LogP contribution is 2.25. The van der Waals surface area contributed by atoms with Gasteiger partial charge in [-0.25, -0.2) is 4.79 Å². The molecule has 0 aliphatic carbocycles. The van der Waals surface area contributed by atoms with Crippen LogP contribution in [0.4, 0.5) is 13.2 Å². The van der Waals surface area contributed by atoms with Crippen molar-refractivity contribution >= 4 is 11.8 Å². The van der Waals surface area contributed by atoms with Crippen molar-refractivity contribution in [2.24, 2.45) is 11.5 Å². The van der Waals surface area contributed by atoms with Crippen molar-refractivity contribution in [1.82, 2.24) is 0 Å². The highest BCUT2D eigenvalue weighted by atomic mass is 19.4. The Morgan fingerprint density at radius 3 is 2.00 bits per heavy atom. The minimum absolute atomic E-state index is 0.0428. The van der Waals surface area contributed by atoms with E-state index in [9.17, 15) is 22.8 Å². The Morgan fingerprint density at radius 1 is 1.19 bits per heavy atom. The Labute approximate surface area is 89.6 Å². The van der Waals surface area contributed by atoms with Crippen LogP contribution in [0.1, 0.15) is 19.3 Å². The van der Waals surface area contributed by atoms with Crippen LogP contribution in [0.5, 0.6) is 0 Å². The van der Waals surface area contributed by atoms with Gasteiger partial charge in [-0.15, -0.1) is 0 Å². The molecule has 0 aliphatic heterocycles. The Hall–Kier alpha value is -1.15. The molecule has 0 spiro atoms. The van der Waals surface area contributed by atoms with E-state index in [4.69, 9.17) is 16.6 Å². The van der Waals surface area contributed by atoms with Gasteiger partial charge in [0.25, 0.3) is 5.78 Å². The van der Waals surface area contributed by atoms with Crippen LogP contribution < -0.4 is 11.5 Å². The lowest BCUT2D eigenvalue weighted by molar-refractivity contribution is -0.181. The lowest BCUT2D eigenvalue weighted by Gasteiger charge is -2.23. The van der Waals surface area contributed by atoms with E-state index in [0.717, 1.165) is 0 Å². The molecule has 0 unspecified atom stereocenters. The van der Waals surface area contributed by atoms with Crippen molar-refractivity contribution in [2.75, 3.05) is 6.54 Å². The number of hydrogen-bond donors (Lipinski definition) is 3. The third-order valence-electron chi connectivity index (χ3n) is 2.07. The molecule has 0 fully saturated rings. The minimum atomic E-state index is -5.25. The SMILES string of the molecule is NCCCC[C@](N)(C(=O)O)C(=O)C(F)(F)F. The molecule has 5 nitrogen and oxygen atoms in total. The lowest BCUT2D eigenvalue weighted by Crippen LogP contribution is -2.59. The smallest absolute Gasteiger partial charge is 0.452 e. The monoisotopic (exact) mass is 242 g/mol. The van der Waals surface area contributed by atoms with Crippen LogP contribution in [-0.4, -0.2) is 35.1 Å². The zero-order valence-electron chi connectivity index (χ0n) is 8.38. The number of unbranched alkanes of at least 4 members (excludes halogenated alkanes) is 1. The summed E-state index contributed by atoms with van der Waals surface area (Å²) in [7, 11) is 0. The van der Waals surface area contributed by atoms with Gasteiger partial charge in [-0.05, 0) is 25.8 Å². The van der Waals surface area contributed by atoms with Crippen molar-refractivity contribution in [3.05, 3.63) is 0 Å². The van der Waals surface area contributed by atoms with Gasteiger partial charge in [0.1, 0.15) is 0 Å². The zero-order chi connectivity index (χ0) is 13.0.